The normalized spacial score (nSPS) is 10.8. The minimum atomic E-state index is -0.235. The fraction of sp³-hybridized carbons (Fsp3) is 0.176. The molecular formula is C17H15ClFN3OS. The van der Waals surface area contributed by atoms with Crippen molar-refractivity contribution in [2.45, 2.75) is 17.5 Å². The molecule has 0 atom stereocenters. The number of benzene rings is 2. The molecule has 0 aliphatic rings. The summed E-state index contributed by atoms with van der Waals surface area (Å²) in [6, 6.07) is 13.7. The molecule has 2 aromatic carbocycles. The Bertz CT molecular complexity index is 823. The van der Waals surface area contributed by atoms with E-state index in [0.29, 0.717) is 22.3 Å². The fourth-order valence-corrected chi connectivity index (χ4v) is 3.11. The maximum atomic E-state index is 12.9. The van der Waals surface area contributed by atoms with Crippen LogP contribution < -0.4 is 4.74 Å². The molecule has 3 aromatic rings. The first-order valence-electron chi connectivity index (χ1n) is 7.26. The highest BCUT2D eigenvalue weighted by atomic mass is 35.5. The molecule has 0 unspecified atom stereocenters. The van der Waals surface area contributed by atoms with Gasteiger partial charge in [0.05, 0.1) is 5.02 Å². The van der Waals surface area contributed by atoms with Gasteiger partial charge in [0.1, 0.15) is 18.2 Å². The van der Waals surface area contributed by atoms with Gasteiger partial charge in [-0.1, -0.05) is 47.6 Å². The molecule has 0 aliphatic heterocycles. The minimum Gasteiger partial charge on any atom is -0.484 e. The van der Waals surface area contributed by atoms with Gasteiger partial charge >= 0.3 is 0 Å². The van der Waals surface area contributed by atoms with E-state index in [4.69, 9.17) is 16.3 Å². The molecule has 3 rings (SSSR count). The lowest BCUT2D eigenvalue weighted by Gasteiger charge is -2.07. The number of para-hydroxylation sites is 1. The second kappa shape index (κ2) is 7.68. The van der Waals surface area contributed by atoms with Gasteiger partial charge in [0.15, 0.2) is 11.0 Å². The summed E-state index contributed by atoms with van der Waals surface area (Å²) in [6.07, 6.45) is 0. The van der Waals surface area contributed by atoms with E-state index in [1.165, 1.54) is 23.9 Å². The first-order chi connectivity index (χ1) is 11.6. The van der Waals surface area contributed by atoms with Crippen LogP contribution in [0.25, 0.3) is 0 Å². The lowest BCUT2D eigenvalue weighted by atomic mass is 10.2. The average Bonchev–Trinajstić information content (AvgIpc) is 2.94. The van der Waals surface area contributed by atoms with Crippen LogP contribution in [-0.4, -0.2) is 14.8 Å². The van der Waals surface area contributed by atoms with Crippen LogP contribution in [-0.2, 0) is 19.4 Å². The number of nitrogens with zero attached hydrogens (tertiary/aromatic N) is 3. The highest BCUT2D eigenvalue weighted by Crippen LogP contribution is 2.25. The number of halogens is 2. The first kappa shape index (κ1) is 16.8. The molecule has 0 radical (unpaired) electrons. The minimum absolute atomic E-state index is 0.235. The van der Waals surface area contributed by atoms with Crippen LogP contribution in [0.2, 0.25) is 5.02 Å². The highest BCUT2D eigenvalue weighted by molar-refractivity contribution is 7.98. The Morgan fingerprint density at radius 3 is 2.62 bits per heavy atom. The van der Waals surface area contributed by atoms with Crippen LogP contribution in [0.3, 0.4) is 0 Å². The predicted molar refractivity (Wildman–Crippen MR) is 92.7 cm³/mol. The van der Waals surface area contributed by atoms with Crippen molar-refractivity contribution in [3.8, 4) is 5.75 Å². The van der Waals surface area contributed by atoms with Crippen molar-refractivity contribution < 1.29 is 9.13 Å². The third-order valence-electron chi connectivity index (χ3n) is 3.40. The molecule has 7 heteroatoms. The van der Waals surface area contributed by atoms with Crippen LogP contribution in [0.1, 0.15) is 11.4 Å². The summed E-state index contributed by atoms with van der Waals surface area (Å²) in [5.41, 5.74) is 1.03. The zero-order chi connectivity index (χ0) is 16.9. The van der Waals surface area contributed by atoms with E-state index in [-0.39, 0.29) is 12.4 Å². The number of aromatic nitrogens is 3. The standard InChI is InChI=1S/C17H15ClFN3OS/c1-22-16(10-23-15-5-3-2-4-14(15)18)20-21-17(22)24-11-12-6-8-13(19)9-7-12/h2-9H,10-11H2,1H3. The van der Waals surface area contributed by atoms with Crippen molar-refractivity contribution in [2.24, 2.45) is 7.05 Å². The average molecular weight is 364 g/mol. The second-order valence-electron chi connectivity index (χ2n) is 5.09. The molecule has 0 bridgehead atoms. The van der Waals surface area contributed by atoms with E-state index in [0.717, 1.165) is 10.7 Å². The number of hydrogen-bond acceptors (Lipinski definition) is 4. The summed E-state index contributed by atoms with van der Waals surface area (Å²) >= 11 is 7.60. The van der Waals surface area contributed by atoms with E-state index >= 15 is 0 Å². The molecule has 0 fully saturated rings. The third kappa shape index (κ3) is 4.07. The Kier molecular flexibility index (Phi) is 5.37. The molecule has 4 nitrogen and oxygen atoms in total. The zero-order valence-corrected chi connectivity index (χ0v) is 14.5. The van der Waals surface area contributed by atoms with E-state index in [9.17, 15) is 4.39 Å². The van der Waals surface area contributed by atoms with Crippen molar-refractivity contribution in [1.82, 2.24) is 14.8 Å². The molecule has 0 saturated heterocycles. The summed E-state index contributed by atoms with van der Waals surface area (Å²) in [5.74, 6) is 1.78. The Morgan fingerprint density at radius 2 is 1.88 bits per heavy atom. The highest BCUT2D eigenvalue weighted by Gasteiger charge is 2.11. The maximum absolute atomic E-state index is 12.9. The molecule has 1 heterocycles. The number of rotatable bonds is 6. The van der Waals surface area contributed by atoms with E-state index < -0.39 is 0 Å². The first-order valence-corrected chi connectivity index (χ1v) is 8.62. The molecule has 24 heavy (non-hydrogen) atoms. The summed E-state index contributed by atoms with van der Waals surface area (Å²) in [4.78, 5) is 0. The van der Waals surface area contributed by atoms with Gasteiger partial charge in [-0.3, -0.25) is 0 Å². The Balaban J connectivity index is 1.61. The third-order valence-corrected chi connectivity index (χ3v) is 4.80. The van der Waals surface area contributed by atoms with Crippen molar-refractivity contribution in [2.75, 3.05) is 0 Å². The van der Waals surface area contributed by atoms with Crippen LogP contribution in [0.5, 0.6) is 5.75 Å². The SMILES string of the molecule is Cn1c(COc2ccccc2Cl)nnc1SCc1ccc(F)cc1. The van der Waals surface area contributed by atoms with Crippen molar-refractivity contribution in [1.29, 1.82) is 0 Å². The van der Waals surface area contributed by atoms with Crippen LogP contribution in [0, 0.1) is 5.82 Å². The maximum Gasteiger partial charge on any atom is 0.191 e. The summed E-state index contributed by atoms with van der Waals surface area (Å²) in [6.45, 7) is 0.282. The van der Waals surface area contributed by atoms with E-state index in [1.807, 2.05) is 29.8 Å². The van der Waals surface area contributed by atoms with Crippen molar-refractivity contribution in [3.63, 3.8) is 0 Å². The van der Waals surface area contributed by atoms with Gasteiger partial charge in [0.25, 0.3) is 0 Å². The van der Waals surface area contributed by atoms with Gasteiger partial charge in [0.2, 0.25) is 0 Å². The van der Waals surface area contributed by atoms with Gasteiger partial charge in [-0.25, -0.2) is 4.39 Å². The largest absolute Gasteiger partial charge is 0.484 e. The second-order valence-corrected chi connectivity index (χ2v) is 6.44. The lowest BCUT2D eigenvalue weighted by molar-refractivity contribution is 0.290. The van der Waals surface area contributed by atoms with E-state index in [2.05, 4.69) is 10.2 Å². The Hall–Kier alpha value is -2.05. The lowest BCUT2D eigenvalue weighted by Crippen LogP contribution is -2.04. The molecular weight excluding hydrogens is 349 g/mol. The molecule has 1 aromatic heterocycles. The molecule has 0 aliphatic carbocycles. The van der Waals surface area contributed by atoms with Crippen LogP contribution in [0.4, 0.5) is 4.39 Å². The quantitative estimate of drug-likeness (QED) is 0.605. The molecule has 124 valence electrons. The van der Waals surface area contributed by atoms with Crippen LogP contribution >= 0.6 is 23.4 Å². The number of ether oxygens (including phenoxy) is 1. The van der Waals surface area contributed by atoms with Gasteiger partial charge in [-0.05, 0) is 29.8 Å². The van der Waals surface area contributed by atoms with E-state index in [1.54, 1.807) is 18.2 Å². The summed E-state index contributed by atoms with van der Waals surface area (Å²) < 4.78 is 20.5. The van der Waals surface area contributed by atoms with Crippen molar-refractivity contribution >= 4 is 23.4 Å². The Morgan fingerprint density at radius 1 is 1.12 bits per heavy atom. The Labute approximate surface area is 148 Å². The van der Waals surface area contributed by atoms with Gasteiger partial charge < -0.3 is 9.30 Å². The topological polar surface area (TPSA) is 39.9 Å². The smallest absolute Gasteiger partial charge is 0.191 e. The van der Waals surface area contributed by atoms with Gasteiger partial charge in [-0.2, -0.15) is 0 Å². The molecule has 0 amide bonds. The monoisotopic (exact) mass is 363 g/mol. The van der Waals surface area contributed by atoms with Crippen molar-refractivity contribution in [3.05, 3.63) is 70.8 Å². The summed E-state index contributed by atoms with van der Waals surface area (Å²) in [5, 5.41) is 9.66. The zero-order valence-electron chi connectivity index (χ0n) is 12.9. The molecule has 0 spiro atoms. The number of hydrogen-bond donors (Lipinski definition) is 0. The molecule has 0 saturated carbocycles. The van der Waals surface area contributed by atoms with Crippen LogP contribution in [0.15, 0.2) is 53.7 Å². The van der Waals surface area contributed by atoms with Gasteiger partial charge in [0, 0.05) is 12.8 Å². The predicted octanol–water partition coefficient (Wildman–Crippen LogP) is 4.48. The fourth-order valence-electron chi connectivity index (χ4n) is 2.03. The molecule has 0 N–H and O–H groups in total. The number of thioether (sulfide) groups is 1. The summed E-state index contributed by atoms with van der Waals surface area (Å²) in [7, 11) is 1.89. The van der Waals surface area contributed by atoms with Gasteiger partial charge in [-0.15, -0.1) is 10.2 Å².